The van der Waals surface area contributed by atoms with E-state index >= 15 is 0 Å². The van der Waals surface area contributed by atoms with Crippen LogP contribution in [0.3, 0.4) is 0 Å². The molecule has 0 spiro atoms. The van der Waals surface area contributed by atoms with Crippen LogP contribution in [0.15, 0.2) is 6.07 Å². The number of nitrogen functional groups attached to an aromatic ring is 1. The minimum Gasteiger partial charge on any atom is -0.396 e. The van der Waals surface area contributed by atoms with Gasteiger partial charge in [0.05, 0.1) is 12.0 Å². The Labute approximate surface area is 128 Å². The van der Waals surface area contributed by atoms with Gasteiger partial charge < -0.3 is 16.2 Å². The number of thiophene rings is 1. The van der Waals surface area contributed by atoms with Crippen molar-refractivity contribution in [1.82, 2.24) is 9.97 Å². The third-order valence-electron chi connectivity index (χ3n) is 4.41. The van der Waals surface area contributed by atoms with Crippen molar-refractivity contribution in [2.75, 3.05) is 24.2 Å². The van der Waals surface area contributed by atoms with Gasteiger partial charge in [0.2, 0.25) is 5.95 Å². The average molecular weight is 306 g/mol. The van der Waals surface area contributed by atoms with Crippen molar-refractivity contribution in [3.8, 4) is 0 Å². The summed E-state index contributed by atoms with van der Waals surface area (Å²) in [5.74, 6) is 1.09. The Balaban J connectivity index is 1.84. The van der Waals surface area contributed by atoms with Crippen LogP contribution >= 0.6 is 11.3 Å². The molecule has 21 heavy (non-hydrogen) atoms. The molecular weight excluding hydrogens is 284 g/mol. The van der Waals surface area contributed by atoms with Gasteiger partial charge in [0.1, 0.15) is 10.6 Å². The Bertz CT molecular complexity index is 634. The fraction of sp³-hybridized carbons (Fsp3) is 0.600. The molecular formula is C15H22N4OS. The van der Waals surface area contributed by atoms with Crippen molar-refractivity contribution in [2.45, 2.75) is 39.0 Å². The molecule has 1 aliphatic rings. The van der Waals surface area contributed by atoms with E-state index in [1.165, 1.54) is 24.1 Å². The molecule has 2 heterocycles. The van der Waals surface area contributed by atoms with Crippen LogP contribution in [0.4, 0.5) is 11.8 Å². The zero-order valence-electron chi connectivity index (χ0n) is 12.4. The van der Waals surface area contributed by atoms with Crippen molar-refractivity contribution < 1.29 is 5.11 Å². The number of aryl methyl sites for hydroxylation is 1. The van der Waals surface area contributed by atoms with Crippen molar-refractivity contribution in [3.63, 3.8) is 0 Å². The van der Waals surface area contributed by atoms with Gasteiger partial charge in [-0.15, -0.1) is 11.3 Å². The molecule has 3 rings (SSSR count). The molecule has 0 saturated heterocycles. The summed E-state index contributed by atoms with van der Waals surface area (Å²) in [6.07, 6.45) is 5.81. The summed E-state index contributed by atoms with van der Waals surface area (Å²) >= 11 is 1.63. The standard InChI is InChI=1S/C15H22N4OS/c1-10-7-11-12(18-14(16)19-13(11)21-10)17-8-15(9-20)5-3-2-4-6-15/h7,20H,2-6,8-9H2,1H3,(H3,16,17,18,19). The molecule has 0 bridgehead atoms. The Kier molecular flexibility index (Phi) is 3.99. The lowest BCUT2D eigenvalue weighted by atomic mass is 9.74. The van der Waals surface area contributed by atoms with Crippen LogP contribution in [-0.2, 0) is 0 Å². The predicted molar refractivity (Wildman–Crippen MR) is 87.7 cm³/mol. The summed E-state index contributed by atoms with van der Waals surface area (Å²) < 4.78 is 0. The van der Waals surface area contributed by atoms with Gasteiger partial charge in [-0.3, -0.25) is 0 Å². The number of nitrogens with two attached hydrogens (primary N) is 1. The molecule has 0 atom stereocenters. The number of nitrogens with one attached hydrogen (secondary N) is 1. The van der Waals surface area contributed by atoms with Gasteiger partial charge >= 0.3 is 0 Å². The number of rotatable bonds is 4. The highest BCUT2D eigenvalue weighted by Gasteiger charge is 2.31. The highest BCUT2D eigenvalue weighted by Crippen LogP contribution is 2.37. The van der Waals surface area contributed by atoms with Crippen molar-refractivity contribution in [1.29, 1.82) is 0 Å². The van der Waals surface area contributed by atoms with Gasteiger partial charge in [-0.1, -0.05) is 19.3 Å². The maximum Gasteiger partial charge on any atom is 0.223 e. The molecule has 6 heteroatoms. The van der Waals surface area contributed by atoms with E-state index in [1.54, 1.807) is 11.3 Å². The Morgan fingerprint density at radius 1 is 1.33 bits per heavy atom. The predicted octanol–water partition coefficient (Wildman–Crippen LogP) is 2.94. The molecule has 1 aliphatic carbocycles. The lowest BCUT2D eigenvalue weighted by Gasteiger charge is -2.35. The summed E-state index contributed by atoms with van der Waals surface area (Å²) in [5, 5.41) is 14.2. The third-order valence-corrected chi connectivity index (χ3v) is 5.36. The SMILES string of the molecule is Cc1cc2c(NCC3(CO)CCCCC3)nc(N)nc2s1. The van der Waals surface area contributed by atoms with Crippen LogP contribution in [0.5, 0.6) is 0 Å². The van der Waals surface area contributed by atoms with Crippen LogP contribution < -0.4 is 11.1 Å². The first-order valence-corrected chi connectivity index (χ1v) is 8.32. The minimum atomic E-state index is -0.0185. The largest absolute Gasteiger partial charge is 0.396 e. The number of aromatic nitrogens is 2. The van der Waals surface area contributed by atoms with E-state index in [0.717, 1.165) is 35.4 Å². The van der Waals surface area contributed by atoms with Crippen molar-refractivity contribution in [2.24, 2.45) is 5.41 Å². The zero-order valence-corrected chi connectivity index (χ0v) is 13.2. The number of hydrogen-bond donors (Lipinski definition) is 3. The second-order valence-electron chi connectivity index (χ2n) is 6.08. The fourth-order valence-electron chi connectivity index (χ4n) is 3.16. The third kappa shape index (κ3) is 2.96. The van der Waals surface area contributed by atoms with Gasteiger partial charge in [0.25, 0.3) is 0 Å². The van der Waals surface area contributed by atoms with E-state index in [-0.39, 0.29) is 12.0 Å². The molecule has 0 unspecified atom stereocenters. The van der Waals surface area contributed by atoms with Gasteiger partial charge in [0.15, 0.2) is 0 Å². The molecule has 2 aromatic rings. The van der Waals surface area contributed by atoms with Crippen molar-refractivity contribution >= 4 is 33.3 Å². The minimum absolute atomic E-state index is 0.0185. The van der Waals surface area contributed by atoms with E-state index in [9.17, 15) is 5.11 Å². The average Bonchev–Trinajstić information content (AvgIpc) is 2.86. The van der Waals surface area contributed by atoms with Gasteiger partial charge in [-0.2, -0.15) is 4.98 Å². The molecule has 2 aromatic heterocycles. The smallest absolute Gasteiger partial charge is 0.223 e. The fourth-order valence-corrected chi connectivity index (χ4v) is 4.04. The lowest BCUT2D eigenvalue weighted by Crippen LogP contribution is -2.35. The van der Waals surface area contributed by atoms with Crippen molar-refractivity contribution in [3.05, 3.63) is 10.9 Å². The first-order valence-electron chi connectivity index (χ1n) is 7.50. The summed E-state index contributed by atoms with van der Waals surface area (Å²) in [6, 6.07) is 2.09. The Morgan fingerprint density at radius 2 is 2.10 bits per heavy atom. The topological polar surface area (TPSA) is 84.1 Å². The van der Waals surface area contributed by atoms with E-state index in [2.05, 4.69) is 28.3 Å². The van der Waals surface area contributed by atoms with Crippen LogP contribution in [0.1, 0.15) is 37.0 Å². The summed E-state index contributed by atoms with van der Waals surface area (Å²) in [6.45, 7) is 3.03. The van der Waals surface area contributed by atoms with E-state index in [0.29, 0.717) is 5.95 Å². The molecule has 0 aromatic carbocycles. The molecule has 0 amide bonds. The number of hydrogen-bond acceptors (Lipinski definition) is 6. The monoisotopic (exact) mass is 306 g/mol. The lowest BCUT2D eigenvalue weighted by molar-refractivity contribution is 0.0943. The maximum absolute atomic E-state index is 9.80. The molecule has 4 N–H and O–H groups in total. The summed E-state index contributed by atoms with van der Waals surface area (Å²) in [4.78, 5) is 10.7. The van der Waals surface area contributed by atoms with Gasteiger partial charge in [0, 0.05) is 16.8 Å². The second kappa shape index (κ2) is 5.77. The summed E-state index contributed by atoms with van der Waals surface area (Å²) in [7, 11) is 0. The van der Waals surface area contributed by atoms with E-state index in [1.807, 2.05) is 0 Å². The van der Waals surface area contributed by atoms with Crippen LogP contribution in [0.2, 0.25) is 0 Å². The van der Waals surface area contributed by atoms with Crippen LogP contribution in [0, 0.1) is 12.3 Å². The number of nitrogens with zero attached hydrogens (tertiary/aromatic N) is 2. The molecule has 1 saturated carbocycles. The molecule has 0 aliphatic heterocycles. The molecule has 114 valence electrons. The molecule has 1 fully saturated rings. The quantitative estimate of drug-likeness (QED) is 0.809. The first kappa shape index (κ1) is 14.5. The van der Waals surface area contributed by atoms with E-state index in [4.69, 9.17) is 5.73 Å². The zero-order chi connectivity index (χ0) is 14.9. The Morgan fingerprint density at radius 3 is 2.81 bits per heavy atom. The Hall–Kier alpha value is -1.40. The highest BCUT2D eigenvalue weighted by molar-refractivity contribution is 7.18. The first-order chi connectivity index (χ1) is 10.1. The number of anilines is 2. The van der Waals surface area contributed by atoms with Crippen LogP contribution in [-0.4, -0.2) is 28.2 Å². The van der Waals surface area contributed by atoms with Gasteiger partial charge in [-0.25, -0.2) is 4.98 Å². The number of fused-ring (bicyclic) bond motifs is 1. The number of aliphatic hydroxyl groups excluding tert-OH is 1. The normalized spacial score (nSPS) is 18.0. The highest BCUT2D eigenvalue weighted by atomic mass is 32.1. The van der Waals surface area contributed by atoms with E-state index < -0.39 is 0 Å². The van der Waals surface area contributed by atoms with Crippen LogP contribution in [0.25, 0.3) is 10.2 Å². The maximum atomic E-state index is 9.80. The second-order valence-corrected chi connectivity index (χ2v) is 7.31. The number of aliphatic hydroxyl groups is 1. The molecule has 0 radical (unpaired) electrons. The summed E-state index contributed by atoms with van der Waals surface area (Å²) in [5.41, 5.74) is 5.78. The van der Waals surface area contributed by atoms with Gasteiger partial charge in [-0.05, 0) is 25.8 Å². The molecule has 5 nitrogen and oxygen atoms in total.